The zero-order chi connectivity index (χ0) is 20.9. The first-order chi connectivity index (χ1) is 13.1. The van der Waals surface area contributed by atoms with E-state index in [4.69, 9.17) is 16.3 Å². The highest BCUT2D eigenvalue weighted by Gasteiger charge is 2.36. The lowest BCUT2D eigenvalue weighted by molar-refractivity contribution is -0.137. The molecule has 0 aromatic heterocycles. The Labute approximate surface area is 170 Å². The number of carboxylic acid groups (broad SMARTS) is 1. The third-order valence-electron chi connectivity index (χ3n) is 4.47. The van der Waals surface area contributed by atoms with E-state index in [1.54, 1.807) is 45.0 Å². The summed E-state index contributed by atoms with van der Waals surface area (Å²) in [4.78, 5) is 37.7. The van der Waals surface area contributed by atoms with Crippen molar-refractivity contribution < 1.29 is 24.2 Å². The van der Waals surface area contributed by atoms with Crippen LogP contribution in [0, 0.1) is 0 Å². The standard InChI is InChI=1S/C20H27ClN2O5/c1-20(2,3)28-19(27)23-10-4-5-16(23)18(26)22-12-14(11-17(24)25)13-6-8-15(21)9-7-13/h6-9,14,16H,4-5,10-12H2,1-3H3,(H,22,26)(H,24,25)/t14-,16-/m0/s1. The van der Waals surface area contributed by atoms with Crippen LogP contribution in [0.5, 0.6) is 0 Å². The van der Waals surface area contributed by atoms with Crippen LogP contribution < -0.4 is 5.32 Å². The lowest BCUT2D eigenvalue weighted by atomic mass is 9.95. The van der Waals surface area contributed by atoms with E-state index in [-0.39, 0.29) is 18.9 Å². The Hall–Kier alpha value is -2.28. The minimum atomic E-state index is -0.953. The maximum Gasteiger partial charge on any atom is 0.410 e. The molecule has 0 unspecified atom stereocenters. The Morgan fingerprint density at radius 2 is 1.93 bits per heavy atom. The summed E-state index contributed by atoms with van der Waals surface area (Å²) >= 11 is 5.89. The summed E-state index contributed by atoms with van der Waals surface area (Å²) in [6.07, 6.45) is 0.635. The highest BCUT2D eigenvalue weighted by Crippen LogP contribution is 2.23. The van der Waals surface area contributed by atoms with Gasteiger partial charge in [-0.1, -0.05) is 23.7 Å². The maximum atomic E-state index is 12.7. The Bertz CT molecular complexity index is 714. The first-order valence-electron chi connectivity index (χ1n) is 9.31. The third kappa shape index (κ3) is 6.41. The van der Waals surface area contributed by atoms with Crippen LogP contribution in [0.1, 0.15) is 51.5 Å². The summed E-state index contributed by atoms with van der Waals surface area (Å²) in [6, 6.07) is 6.28. The number of aliphatic carboxylic acids is 1. The molecular weight excluding hydrogens is 384 g/mol. The summed E-state index contributed by atoms with van der Waals surface area (Å²) in [5, 5.41) is 12.6. The third-order valence-corrected chi connectivity index (χ3v) is 4.72. The molecule has 2 atom stereocenters. The number of amides is 2. The van der Waals surface area contributed by atoms with E-state index < -0.39 is 29.6 Å². The Morgan fingerprint density at radius 1 is 1.29 bits per heavy atom. The van der Waals surface area contributed by atoms with Crippen LogP contribution in [0.15, 0.2) is 24.3 Å². The summed E-state index contributed by atoms with van der Waals surface area (Å²) in [5.74, 6) is -1.65. The number of nitrogens with zero attached hydrogens (tertiary/aromatic N) is 1. The minimum Gasteiger partial charge on any atom is -0.481 e. The molecule has 1 aliphatic heterocycles. The Kier molecular flexibility index (Phi) is 7.29. The molecule has 28 heavy (non-hydrogen) atoms. The van der Waals surface area contributed by atoms with Crippen LogP contribution in [-0.2, 0) is 14.3 Å². The average Bonchev–Trinajstić information content (AvgIpc) is 3.07. The van der Waals surface area contributed by atoms with Gasteiger partial charge in [0.15, 0.2) is 0 Å². The Balaban J connectivity index is 2.01. The fraction of sp³-hybridized carbons (Fsp3) is 0.550. The number of likely N-dealkylation sites (tertiary alicyclic amines) is 1. The van der Waals surface area contributed by atoms with Crippen molar-refractivity contribution in [3.63, 3.8) is 0 Å². The van der Waals surface area contributed by atoms with Crippen molar-refractivity contribution in [3.8, 4) is 0 Å². The maximum absolute atomic E-state index is 12.7. The summed E-state index contributed by atoms with van der Waals surface area (Å²) < 4.78 is 5.38. The molecule has 1 aliphatic rings. The van der Waals surface area contributed by atoms with Gasteiger partial charge in [-0.25, -0.2) is 4.79 Å². The number of carbonyl (C=O) groups is 3. The van der Waals surface area contributed by atoms with Gasteiger partial charge in [0.05, 0.1) is 6.42 Å². The number of carbonyl (C=O) groups excluding carboxylic acids is 2. The van der Waals surface area contributed by atoms with E-state index in [1.165, 1.54) is 4.90 Å². The van der Waals surface area contributed by atoms with Crippen molar-refractivity contribution in [1.29, 1.82) is 0 Å². The number of benzene rings is 1. The molecule has 1 fully saturated rings. The van der Waals surface area contributed by atoms with Crippen molar-refractivity contribution in [1.82, 2.24) is 10.2 Å². The largest absolute Gasteiger partial charge is 0.481 e. The number of rotatable bonds is 6. The molecule has 0 spiro atoms. The van der Waals surface area contributed by atoms with Gasteiger partial charge in [-0.05, 0) is 51.3 Å². The van der Waals surface area contributed by atoms with Gasteiger partial charge in [-0.15, -0.1) is 0 Å². The van der Waals surface area contributed by atoms with Crippen LogP contribution in [0.3, 0.4) is 0 Å². The first-order valence-corrected chi connectivity index (χ1v) is 9.69. The number of hydrogen-bond donors (Lipinski definition) is 2. The van der Waals surface area contributed by atoms with Gasteiger partial charge in [-0.2, -0.15) is 0 Å². The summed E-state index contributed by atoms with van der Waals surface area (Å²) in [5.41, 5.74) is 0.143. The molecule has 0 bridgehead atoms. The Morgan fingerprint density at radius 3 is 2.50 bits per heavy atom. The molecule has 154 valence electrons. The van der Waals surface area contributed by atoms with E-state index >= 15 is 0 Å². The van der Waals surface area contributed by atoms with Gasteiger partial charge in [0.2, 0.25) is 5.91 Å². The van der Waals surface area contributed by atoms with Gasteiger partial charge in [-0.3, -0.25) is 14.5 Å². The van der Waals surface area contributed by atoms with E-state index in [1.807, 2.05) is 0 Å². The van der Waals surface area contributed by atoms with Crippen molar-refractivity contribution in [2.24, 2.45) is 0 Å². The number of hydrogen-bond acceptors (Lipinski definition) is 4. The van der Waals surface area contributed by atoms with Crippen LogP contribution >= 0.6 is 11.6 Å². The fourth-order valence-electron chi connectivity index (χ4n) is 3.17. The van der Waals surface area contributed by atoms with E-state index in [9.17, 15) is 19.5 Å². The average molecular weight is 411 g/mol. The second-order valence-corrected chi connectivity index (χ2v) is 8.36. The van der Waals surface area contributed by atoms with Gasteiger partial charge in [0.25, 0.3) is 0 Å². The van der Waals surface area contributed by atoms with Gasteiger partial charge >= 0.3 is 12.1 Å². The van der Waals surface area contributed by atoms with Crippen molar-refractivity contribution in [3.05, 3.63) is 34.9 Å². The van der Waals surface area contributed by atoms with Gasteiger partial charge < -0.3 is 15.2 Å². The smallest absolute Gasteiger partial charge is 0.410 e. The molecule has 1 heterocycles. The number of carboxylic acids is 1. The minimum absolute atomic E-state index is 0.123. The topological polar surface area (TPSA) is 95.9 Å². The lowest BCUT2D eigenvalue weighted by Gasteiger charge is -2.28. The highest BCUT2D eigenvalue weighted by atomic mass is 35.5. The van der Waals surface area contributed by atoms with Crippen LogP contribution in [0.4, 0.5) is 4.79 Å². The summed E-state index contributed by atoms with van der Waals surface area (Å²) in [6.45, 7) is 5.95. The SMILES string of the molecule is CC(C)(C)OC(=O)N1CCC[C@H]1C(=O)NC[C@H](CC(=O)O)c1ccc(Cl)cc1. The highest BCUT2D eigenvalue weighted by molar-refractivity contribution is 6.30. The molecule has 8 heteroatoms. The number of ether oxygens (including phenoxy) is 1. The molecule has 0 radical (unpaired) electrons. The molecule has 2 rings (SSSR count). The fourth-order valence-corrected chi connectivity index (χ4v) is 3.30. The molecule has 1 aromatic rings. The summed E-state index contributed by atoms with van der Waals surface area (Å²) in [7, 11) is 0. The normalized spacial score (nSPS) is 17.9. The number of nitrogens with one attached hydrogen (secondary N) is 1. The second kappa shape index (κ2) is 9.28. The lowest BCUT2D eigenvalue weighted by Crippen LogP contribution is -2.48. The second-order valence-electron chi connectivity index (χ2n) is 7.92. The molecule has 7 nitrogen and oxygen atoms in total. The zero-order valence-corrected chi connectivity index (χ0v) is 17.2. The first kappa shape index (κ1) is 22.0. The van der Waals surface area contributed by atoms with E-state index in [2.05, 4.69) is 5.32 Å². The monoisotopic (exact) mass is 410 g/mol. The molecule has 1 saturated heterocycles. The van der Waals surface area contributed by atoms with E-state index in [0.717, 1.165) is 5.56 Å². The van der Waals surface area contributed by atoms with Gasteiger partial charge in [0.1, 0.15) is 11.6 Å². The van der Waals surface area contributed by atoms with Crippen molar-refractivity contribution in [2.75, 3.05) is 13.1 Å². The molecule has 2 amide bonds. The van der Waals surface area contributed by atoms with Crippen LogP contribution in [0.2, 0.25) is 5.02 Å². The van der Waals surface area contributed by atoms with Crippen molar-refractivity contribution in [2.45, 2.75) is 57.6 Å². The predicted molar refractivity (Wildman–Crippen MR) is 105 cm³/mol. The molecule has 1 aromatic carbocycles. The zero-order valence-electron chi connectivity index (χ0n) is 16.4. The molecular formula is C20H27ClN2O5. The molecule has 0 saturated carbocycles. The van der Waals surface area contributed by atoms with Crippen LogP contribution in [0.25, 0.3) is 0 Å². The molecule has 2 N–H and O–H groups in total. The predicted octanol–water partition coefficient (Wildman–Crippen LogP) is 3.41. The van der Waals surface area contributed by atoms with Crippen LogP contribution in [-0.4, -0.2) is 52.7 Å². The van der Waals surface area contributed by atoms with E-state index in [0.29, 0.717) is 24.4 Å². The van der Waals surface area contributed by atoms with Gasteiger partial charge in [0, 0.05) is 24.0 Å². The quantitative estimate of drug-likeness (QED) is 0.749. The molecule has 0 aliphatic carbocycles. The number of halogens is 1. The van der Waals surface area contributed by atoms with Crippen molar-refractivity contribution >= 4 is 29.6 Å².